The average Bonchev–Trinajstić information content (AvgIpc) is 2.39. The molecule has 18 heavy (non-hydrogen) atoms. The van der Waals surface area contributed by atoms with Crippen molar-refractivity contribution in [1.82, 2.24) is 9.78 Å². The van der Waals surface area contributed by atoms with Gasteiger partial charge < -0.3 is 0 Å². The molecule has 2 nitrogen and oxygen atoms in total. The van der Waals surface area contributed by atoms with E-state index in [1.807, 2.05) is 0 Å². The fourth-order valence-electron chi connectivity index (χ4n) is 1.31. The first-order chi connectivity index (χ1) is 7.76. The molecule has 0 amide bonds. The molecule has 0 N–H and O–H groups in total. The summed E-state index contributed by atoms with van der Waals surface area (Å²) in [6.45, 7) is 3.57. The second-order valence-corrected chi connectivity index (χ2v) is 4.59. The van der Waals surface area contributed by atoms with Crippen LogP contribution in [0.4, 0.5) is 30.7 Å². The van der Waals surface area contributed by atoms with Crippen LogP contribution in [0.3, 0.4) is 0 Å². The first kappa shape index (κ1) is 14.8. The Bertz CT molecular complexity index is 447. The van der Waals surface area contributed by atoms with E-state index in [-0.39, 0.29) is 4.68 Å². The van der Waals surface area contributed by atoms with Crippen molar-refractivity contribution < 1.29 is 30.7 Å². The molecule has 0 spiro atoms. The normalized spacial score (nSPS) is 14.1. The van der Waals surface area contributed by atoms with Gasteiger partial charge in [-0.2, -0.15) is 31.4 Å². The monoisotopic (exact) mass is 278 g/mol. The largest absolute Gasteiger partial charge is 0.438 e. The van der Waals surface area contributed by atoms with Gasteiger partial charge >= 0.3 is 12.4 Å². The van der Waals surface area contributed by atoms with E-state index in [0.717, 1.165) is 0 Å². The highest BCUT2D eigenvalue weighted by Gasteiger charge is 2.48. The van der Waals surface area contributed by atoms with Crippen molar-refractivity contribution in [3.8, 4) is 0 Å². The topological polar surface area (TPSA) is 17.8 Å². The summed E-state index contributed by atoms with van der Waals surface area (Å²) in [5, 5.41) is 2.72. The van der Waals surface area contributed by atoms with Crippen LogP contribution in [0.1, 0.15) is 32.2 Å². The summed E-state index contributed by atoms with van der Waals surface area (Å²) in [7, 11) is 0. The van der Waals surface area contributed by atoms with Crippen LogP contribution in [0.5, 0.6) is 0 Å². The maximum Gasteiger partial charge on any atom is 0.438 e. The van der Waals surface area contributed by atoms with E-state index in [0.29, 0.717) is 0 Å². The maximum absolute atomic E-state index is 13.3. The van der Waals surface area contributed by atoms with Crippen LogP contribution in [0.15, 0.2) is 0 Å². The first-order valence-corrected chi connectivity index (χ1v) is 4.69. The molecule has 1 heterocycles. The molecular formula is C9H9F7N2. The summed E-state index contributed by atoms with van der Waals surface area (Å²) in [5.74, 6) is -2.40. The van der Waals surface area contributed by atoms with Gasteiger partial charge in [-0.3, -0.25) is 4.68 Å². The van der Waals surface area contributed by atoms with E-state index in [4.69, 9.17) is 0 Å². The van der Waals surface area contributed by atoms with Crippen LogP contribution in [-0.2, 0) is 17.9 Å². The van der Waals surface area contributed by atoms with Gasteiger partial charge in [-0.15, -0.1) is 0 Å². The summed E-state index contributed by atoms with van der Waals surface area (Å²) in [6.07, 6.45) is -10.5. The van der Waals surface area contributed by atoms with Crippen LogP contribution in [-0.4, -0.2) is 9.78 Å². The van der Waals surface area contributed by atoms with Gasteiger partial charge in [-0.25, -0.2) is 4.39 Å². The molecule has 0 aliphatic heterocycles. The number of aromatic nitrogens is 2. The highest BCUT2D eigenvalue weighted by molar-refractivity contribution is 5.20. The van der Waals surface area contributed by atoms with Gasteiger partial charge in [0.1, 0.15) is 0 Å². The maximum atomic E-state index is 13.3. The Hall–Kier alpha value is -1.28. The predicted molar refractivity (Wildman–Crippen MR) is 47.2 cm³/mol. The minimum absolute atomic E-state index is 0.00512. The molecule has 9 heteroatoms. The summed E-state index contributed by atoms with van der Waals surface area (Å²) in [6, 6.07) is 0. The Morgan fingerprint density at radius 2 is 1.33 bits per heavy atom. The minimum atomic E-state index is -5.28. The summed E-state index contributed by atoms with van der Waals surface area (Å²) in [4.78, 5) is 0. The van der Waals surface area contributed by atoms with Gasteiger partial charge in [0.05, 0.1) is 5.54 Å². The second-order valence-electron chi connectivity index (χ2n) is 4.59. The van der Waals surface area contributed by atoms with Gasteiger partial charge in [0.2, 0.25) is 5.69 Å². The van der Waals surface area contributed by atoms with Gasteiger partial charge in [-0.05, 0) is 20.8 Å². The lowest BCUT2D eigenvalue weighted by Gasteiger charge is -2.23. The Morgan fingerprint density at radius 3 is 1.56 bits per heavy atom. The zero-order chi connectivity index (χ0) is 14.5. The Labute approximate surface area is 97.4 Å². The summed E-state index contributed by atoms with van der Waals surface area (Å²) in [5.41, 5.74) is -5.62. The van der Waals surface area contributed by atoms with Crippen molar-refractivity contribution in [2.24, 2.45) is 0 Å². The molecule has 0 saturated heterocycles. The lowest BCUT2D eigenvalue weighted by atomic mass is 10.1. The molecule has 1 aromatic rings. The third-order valence-corrected chi connectivity index (χ3v) is 2.00. The molecule has 0 aromatic carbocycles. The van der Waals surface area contributed by atoms with E-state index >= 15 is 0 Å². The fraction of sp³-hybridized carbons (Fsp3) is 0.667. The molecule has 0 saturated carbocycles. The molecule has 1 rings (SSSR count). The van der Waals surface area contributed by atoms with Crippen LogP contribution in [0, 0.1) is 5.82 Å². The lowest BCUT2D eigenvalue weighted by Crippen LogP contribution is -2.29. The number of alkyl halides is 6. The molecule has 104 valence electrons. The number of rotatable bonds is 0. The fourth-order valence-corrected chi connectivity index (χ4v) is 1.31. The average molecular weight is 278 g/mol. The van der Waals surface area contributed by atoms with Crippen LogP contribution < -0.4 is 0 Å². The van der Waals surface area contributed by atoms with Crippen molar-refractivity contribution >= 4 is 0 Å². The Balaban J connectivity index is 3.63. The lowest BCUT2D eigenvalue weighted by molar-refractivity contribution is -0.149. The van der Waals surface area contributed by atoms with Crippen LogP contribution in [0.2, 0.25) is 0 Å². The van der Waals surface area contributed by atoms with Gasteiger partial charge in [-0.1, -0.05) is 0 Å². The molecule has 0 atom stereocenters. The Kier molecular flexibility index (Phi) is 3.17. The quantitative estimate of drug-likeness (QED) is 0.660. The third kappa shape index (κ3) is 2.59. The van der Waals surface area contributed by atoms with E-state index in [2.05, 4.69) is 5.10 Å². The smallest absolute Gasteiger partial charge is 0.252 e. The van der Waals surface area contributed by atoms with Crippen molar-refractivity contribution in [1.29, 1.82) is 0 Å². The number of hydrogen-bond acceptors (Lipinski definition) is 1. The molecule has 0 unspecified atom stereocenters. The number of hydrogen-bond donors (Lipinski definition) is 0. The van der Waals surface area contributed by atoms with Crippen molar-refractivity contribution in [2.75, 3.05) is 0 Å². The van der Waals surface area contributed by atoms with Crippen molar-refractivity contribution in [3.63, 3.8) is 0 Å². The van der Waals surface area contributed by atoms with E-state index in [1.54, 1.807) is 0 Å². The van der Waals surface area contributed by atoms with Crippen molar-refractivity contribution in [2.45, 2.75) is 38.7 Å². The molecule has 0 bridgehead atoms. The Morgan fingerprint density at radius 1 is 0.889 bits per heavy atom. The van der Waals surface area contributed by atoms with E-state index in [1.165, 1.54) is 20.8 Å². The molecule has 1 aromatic heterocycles. The highest BCUT2D eigenvalue weighted by Crippen LogP contribution is 2.40. The van der Waals surface area contributed by atoms with E-state index in [9.17, 15) is 30.7 Å². The number of halogens is 7. The first-order valence-electron chi connectivity index (χ1n) is 4.69. The summed E-state index contributed by atoms with van der Waals surface area (Å²) >= 11 is 0. The predicted octanol–water partition coefficient (Wildman–Crippen LogP) is 3.81. The molecule has 0 radical (unpaired) electrons. The zero-order valence-corrected chi connectivity index (χ0v) is 9.54. The highest BCUT2D eigenvalue weighted by atomic mass is 19.4. The zero-order valence-electron chi connectivity index (χ0n) is 9.54. The van der Waals surface area contributed by atoms with Gasteiger partial charge in [0.15, 0.2) is 11.5 Å². The SMILES string of the molecule is CC(C)(C)n1nc(C(F)(F)F)c(F)c1C(F)(F)F. The number of nitrogens with zero attached hydrogens (tertiary/aromatic N) is 2. The van der Waals surface area contributed by atoms with Crippen molar-refractivity contribution in [3.05, 3.63) is 17.2 Å². The standard InChI is InChI=1S/C9H9F7N2/c1-7(2,3)18-6(9(14,15)16)4(10)5(17-18)8(11,12)13/h1-3H3. The molecule has 0 fully saturated rings. The molecular weight excluding hydrogens is 269 g/mol. The third-order valence-electron chi connectivity index (χ3n) is 2.00. The van der Waals surface area contributed by atoms with Crippen LogP contribution in [0.25, 0.3) is 0 Å². The van der Waals surface area contributed by atoms with E-state index < -0.39 is 35.1 Å². The minimum Gasteiger partial charge on any atom is -0.252 e. The molecule has 0 aliphatic carbocycles. The van der Waals surface area contributed by atoms with Gasteiger partial charge in [0.25, 0.3) is 0 Å². The van der Waals surface area contributed by atoms with Gasteiger partial charge in [0, 0.05) is 0 Å². The van der Waals surface area contributed by atoms with Crippen LogP contribution >= 0.6 is 0 Å². The second kappa shape index (κ2) is 3.86. The molecule has 0 aliphatic rings. The summed E-state index contributed by atoms with van der Waals surface area (Å²) < 4.78 is 88.0.